The molecule has 0 radical (unpaired) electrons. The van der Waals surface area contributed by atoms with Crippen molar-refractivity contribution in [1.29, 1.82) is 0 Å². The highest BCUT2D eigenvalue weighted by Gasteiger charge is 2.22. The van der Waals surface area contributed by atoms with Gasteiger partial charge >= 0.3 is 0 Å². The average Bonchev–Trinajstić information content (AvgIpc) is 2.53. The first-order chi connectivity index (χ1) is 5.25. The van der Waals surface area contributed by atoms with Crippen molar-refractivity contribution in [2.24, 2.45) is 5.73 Å². The van der Waals surface area contributed by atoms with E-state index in [9.17, 15) is 0 Å². The van der Waals surface area contributed by atoms with Crippen molar-refractivity contribution in [3.8, 4) is 0 Å². The number of rotatable bonds is 3. The van der Waals surface area contributed by atoms with Crippen molar-refractivity contribution >= 4 is 11.8 Å². The Morgan fingerprint density at radius 1 is 1.73 bits per heavy atom. The van der Waals surface area contributed by atoms with E-state index < -0.39 is 0 Å². The summed E-state index contributed by atoms with van der Waals surface area (Å²) in [7, 11) is 2.19. The molecule has 0 aromatic rings. The number of hydrogen-bond acceptors (Lipinski definition) is 3. The summed E-state index contributed by atoms with van der Waals surface area (Å²) in [6.07, 6.45) is 1.34. The second-order valence-electron chi connectivity index (χ2n) is 3.27. The fraction of sp³-hybridized carbons (Fsp3) is 1.00. The van der Waals surface area contributed by atoms with Gasteiger partial charge in [0, 0.05) is 24.4 Å². The third kappa shape index (κ3) is 2.36. The Balaban J connectivity index is 2.32. The predicted octanol–water partition coefficient (Wildman–Crippen LogP) is 0.771. The first kappa shape index (κ1) is 9.36. The summed E-state index contributed by atoms with van der Waals surface area (Å²) in [6.45, 7) is 2.97. The van der Waals surface area contributed by atoms with Gasteiger partial charge in [0.05, 0.1) is 0 Å². The van der Waals surface area contributed by atoms with Gasteiger partial charge in [-0.3, -0.25) is 4.90 Å². The normalized spacial score (nSPS) is 27.8. The zero-order chi connectivity index (χ0) is 8.27. The summed E-state index contributed by atoms with van der Waals surface area (Å²) in [5.74, 6) is 2.62. The highest BCUT2D eigenvalue weighted by molar-refractivity contribution is 7.99. The van der Waals surface area contributed by atoms with Crippen LogP contribution in [0.2, 0.25) is 0 Å². The molecule has 1 saturated heterocycles. The van der Waals surface area contributed by atoms with E-state index in [0.29, 0.717) is 6.04 Å². The van der Waals surface area contributed by atoms with Gasteiger partial charge in [-0.25, -0.2) is 0 Å². The van der Waals surface area contributed by atoms with Crippen LogP contribution in [-0.4, -0.2) is 42.1 Å². The third-order valence-electron chi connectivity index (χ3n) is 2.52. The van der Waals surface area contributed by atoms with Gasteiger partial charge in [0.25, 0.3) is 0 Å². The van der Waals surface area contributed by atoms with E-state index in [1.165, 1.54) is 17.9 Å². The zero-order valence-electron chi connectivity index (χ0n) is 7.42. The van der Waals surface area contributed by atoms with Crippen LogP contribution >= 0.6 is 11.8 Å². The van der Waals surface area contributed by atoms with E-state index >= 15 is 0 Å². The number of thioether (sulfide) groups is 1. The lowest BCUT2D eigenvalue weighted by atomic mass is 10.2. The highest BCUT2D eigenvalue weighted by atomic mass is 32.2. The van der Waals surface area contributed by atoms with Crippen LogP contribution in [0.5, 0.6) is 0 Å². The maximum atomic E-state index is 5.59. The fourth-order valence-corrected chi connectivity index (χ4v) is 2.65. The van der Waals surface area contributed by atoms with Crippen LogP contribution in [0.1, 0.15) is 13.3 Å². The summed E-state index contributed by atoms with van der Waals surface area (Å²) in [6, 6.07) is 1.32. The molecule has 2 N–H and O–H groups in total. The summed E-state index contributed by atoms with van der Waals surface area (Å²) in [5.41, 5.74) is 5.59. The minimum Gasteiger partial charge on any atom is -0.329 e. The smallest absolute Gasteiger partial charge is 0.0194 e. The highest BCUT2D eigenvalue weighted by Crippen LogP contribution is 2.22. The van der Waals surface area contributed by atoms with Crippen LogP contribution in [-0.2, 0) is 0 Å². The van der Waals surface area contributed by atoms with Gasteiger partial charge in [0.2, 0.25) is 0 Å². The maximum absolute atomic E-state index is 5.59. The van der Waals surface area contributed by atoms with E-state index in [1.54, 1.807) is 0 Å². The van der Waals surface area contributed by atoms with Crippen LogP contribution in [0.25, 0.3) is 0 Å². The summed E-state index contributed by atoms with van der Waals surface area (Å²) < 4.78 is 0. The van der Waals surface area contributed by atoms with E-state index in [2.05, 4.69) is 30.6 Å². The molecule has 1 aliphatic heterocycles. The lowest BCUT2D eigenvalue weighted by molar-refractivity contribution is 0.204. The van der Waals surface area contributed by atoms with Gasteiger partial charge < -0.3 is 5.73 Å². The van der Waals surface area contributed by atoms with Crippen LogP contribution in [0, 0.1) is 0 Å². The standard InChI is InChI=1S/C8H18N2S/c1-7(5-9)10(2)8-3-4-11-6-8/h7-8H,3-6,9H2,1-2H3. The van der Waals surface area contributed by atoms with Crippen molar-refractivity contribution in [3.63, 3.8) is 0 Å². The first-order valence-corrected chi connectivity index (χ1v) is 5.41. The molecule has 0 amide bonds. The van der Waals surface area contributed by atoms with Crippen molar-refractivity contribution in [2.45, 2.75) is 25.4 Å². The molecule has 2 nitrogen and oxygen atoms in total. The Hall–Kier alpha value is 0.270. The largest absolute Gasteiger partial charge is 0.329 e. The van der Waals surface area contributed by atoms with Crippen molar-refractivity contribution in [3.05, 3.63) is 0 Å². The van der Waals surface area contributed by atoms with E-state index in [4.69, 9.17) is 5.73 Å². The number of likely N-dealkylation sites (N-methyl/N-ethyl adjacent to an activating group) is 1. The quantitative estimate of drug-likeness (QED) is 0.685. The predicted molar refractivity (Wildman–Crippen MR) is 52.0 cm³/mol. The molecule has 0 bridgehead atoms. The van der Waals surface area contributed by atoms with Crippen LogP contribution < -0.4 is 5.73 Å². The molecular weight excluding hydrogens is 156 g/mol. The molecule has 11 heavy (non-hydrogen) atoms. The van der Waals surface area contributed by atoms with Crippen LogP contribution in [0.3, 0.4) is 0 Å². The lowest BCUT2D eigenvalue weighted by Gasteiger charge is -2.28. The molecule has 1 fully saturated rings. The zero-order valence-corrected chi connectivity index (χ0v) is 8.23. The average molecular weight is 174 g/mol. The molecule has 3 heteroatoms. The number of hydrogen-bond donors (Lipinski definition) is 1. The molecule has 66 valence electrons. The van der Waals surface area contributed by atoms with Crippen LogP contribution in [0.15, 0.2) is 0 Å². The van der Waals surface area contributed by atoms with Crippen LogP contribution in [0.4, 0.5) is 0 Å². The third-order valence-corrected chi connectivity index (χ3v) is 3.66. The van der Waals surface area contributed by atoms with Gasteiger partial charge in [0.1, 0.15) is 0 Å². The molecule has 0 aliphatic carbocycles. The molecule has 0 aromatic carbocycles. The molecule has 1 heterocycles. The van der Waals surface area contributed by atoms with Gasteiger partial charge in [0.15, 0.2) is 0 Å². The summed E-state index contributed by atoms with van der Waals surface area (Å²) in [5, 5.41) is 0. The first-order valence-electron chi connectivity index (χ1n) is 4.25. The molecule has 0 saturated carbocycles. The van der Waals surface area contributed by atoms with E-state index in [0.717, 1.165) is 12.6 Å². The monoisotopic (exact) mass is 174 g/mol. The summed E-state index contributed by atoms with van der Waals surface area (Å²) in [4.78, 5) is 2.42. The Morgan fingerprint density at radius 3 is 2.91 bits per heavy atom. The molecule has 2 unspecified atom stereocenters. The number of nitrogens with zero attached hydrogens (tertiary/aromatic N) is 1. The number of nitrogens with two attached hydrogens (primary N) is 1. The molecule has 1 rings (SSSR count). The summed E-state index contributed by atoms with van der Waals surface area (Å²) >= 11 is 2.06. The fourth-order valence-electron chi connectivity index (χ4n) is 1.37. The molecule has 1 aliphatic rings. The SMILES string of the molecule is CC(CN)N(C)C1CCSC1. The molecule has 0 spiro atoms. The van der Waals surface area contributed by atoms with Gasteiger partial charge in [-0.15, -0.1) is 0 Å². The van der Waals surface area contributed by atoms with Gasteiger partial charge in [-0.1, -0.05) is 0 Å². The van der Waals surface area contributed by atoms with E-state index in [-0.39, 0.29) is 0 Å². The Kier molecular flexibility index (Phi) is 3.69. The Labute approximate surface area is 73.5 Å². The minimum atomic E-state index is 0.540. The second kappa shape index (κ2) is 4.33. The Morgan fingerprint density at radius 2 is 2.45 bits per heavy atom. The molecule has 0 aromatic heterocycles. The lowest BCUT2D eigenvalue weighted by Crippen LogP contribution is -2.42. The Bertz CT molecular complexity index is 113. The molecule has 2 atom stereocenters. The maximum Gasteiger partial charge on any atom is 0.0194 e. The second-order valence-corrected chi connectivity index (χ2v) is 4.42. The van der Waals surface area contributed by atoms with Gasteiger partial charge in [-0.2, -0.15) is 11.8 Å². The minimum absolute atomic E-state index is 0.540. The topological polar surface area (TPSA) is 29.3 Å². The van der Waals surface area contributed by atoms with Crippen molar-refractivity contribution < 1.29 is 0 Å². The van der Waals surface area contributed by atoms with Gasteiger partial charge in [-0.05, 0) is 26.1 Å². The van der Waals surface area contributed by atoms with E-state index in [1.807, 2.05) is 0 Å². The van der Waals surface area contributed by atoms with Crippen molar-refractivity contribution in [1.82, 2.24) is 4.90 Å². The van der Waals surface area contributed by atoms with Crippen molar-refractivity contribution in [2.75, 3.05) is 25.1 Å². The molecular formula is C8H18N2S.